The number of halogens is 1. The molecule has 0 bridgehead atoms. The molecule has 1 heterocycles. The number of aromatic nitrogens is 3. The normalized spacial score (nSPS) is 10.4. The Morgan fingerprint density at radius 1 is 1.28 bits per heavy atom. The van der Waals surface area contributed by atoms with Gasteiger partial charge in [-0.25, -0.2) is 0 Å². The van der Waals surface area contributed by atoms with Gasteiger partial charge in [-0.1, -0.05) is 11.6 Å². The third-order valence-electron chi connectivity index (χ3n) is 2.47. The fraction of sp³-hybridized carbons (Fsp3) is 0.273. The first-order valence-electron chi connectivity index (χ1n) is 5.13. The summed E-state index contributed by atoms with van der Waals surface area (Å²) in [6, 6.07) is 3.33. The van der Waals surface area contributed by atoms with Crippen LogP contribution in [-0.4, -0.2) is 34.1 Å². The van der Waals surface area contributed by atoms with Crippen molar-refractivity contribution in [2.45, 2.75) is 6.61 Å². The zero-order chi connectivity index (χ0) is 13.1. The van der Waals surface area contributed by atoms with Crippen molar-refractivity contribution in [1.29, 1.82) is 0 Å². The van der Waals surface area contributed by atoms with Gasteiger partial charge in [0, 0.05) is 12.1 Å². The SMILES string of the molecule is COc1cc(-n2cnnc2CO)c(OC)cc1Cl. The highest BCUT2D eigenvalue weighted by molar-refractivity contribution is 6.32. The number of hydrogen-bond donors (Lipinski definition) is 1. The molecule has 0 aliphatic rings. The molecule has 0 atom stereocenters. The molecule has 0 spiro atoms. The second kappa shape index (κ2) is 5.24. The molecule has 18 heavy (non-hydrogen) atoms. The number of aliphatic hydroxyl groups excluding tert-OH is 1. The number of rotatable bonds is 4. The van der Waals surface area contributed by atoms with Crippen molar-refractivity contribution >= 4 is 11.6 Å². The second-order valence-corrected chi connectivity index (χ2v) is 3.84. The number of methoxy groups -OCH3 is 2. The average molecular weight is 270 g/mol. The Bertz CT molecular complexity index is 556. The van der Waals surface area contributed by atoms with Gasteiger partial charge in [-0.15, -0.1) is 10.2 Å². The Morgan fingerprint density at radius 3 is 2.61 bits per heavy atom. The molecule has 2 aromatic rings. The first kappa shape index (κ1) is 12.7. The van der Waals surface area contributed by atoms with Crippen LogP contribution >= 0.6 is 11.6 Å². The molecule has 1 aromatic heterocycles. The summed E-state index contributed by atoms with van der Waals surface area (Å²) < 4.78 is 12.0. The molecular weight excluding hydrogens is 258 g/mol. The Kier molecular flexibility index (Phi) is 3.69. The highest BCUT2D eigenvalue weighted by Gasteiger charge is 2.14. The first-order valence-corrected chi connectivity index (χ1v) is 5.50. The fourth-order valence-corrected chi connectivity index (χ4v) is 1.83. The van der Waals surface area contributed by atoms with Gasteiger partial charge in [0.2, 0.25) is 0 Å². The van der Waals surface area contributed by atoms with E-state index in [0.29, 0.717) is 28.0 Å². The van der Waals surface area contributed by atoms with Crippen molar-refractivity contribution in [2.75, 3.05) is 14.2 Å². The molecule has 0 amide bonds. The monoisotopic (exact) mass is 269 g/mol. The Balaban J connectivity index is 2.62. The lowest BCUT2D eigenvalue weighted by Gasteiger charge is -2.13. The van der Waals surface area contributed by atoms with E-state index >= 15 is 0 Å². The molecule has 0 fully saturated rings. The molecule has 6 nitrogen and oxygen atoms in total. The van der Waals surface area contributed by atoms with Crippen LogP contribution < -0.4 is 9.47 Å². The summed E-state index contributed by atoms with van der Waals surface area (Å²) in [5, 5.41) is 17.2. The fourth-order valence-electron chi connectivity index (χ4n) is 1.60. The van der Waals surface area contributed by atoms with E-state index in [2.05, 4.69) is 10.2 Å². The van der Waals surface area contributed by atoms with Gasteiger partial charge in [-0.05, 0) is 0 Å². The van der Waals surface area contributed by atoms with Crippen LogP contribution in [0, 0.1) is 0 Å². The zero-order valence-corrected chi connectivity index (χ0v) is 10.7. The van der Waals surface area contributed by atoms with Crippen LogP contribution in [0.1, 0.15) is 5.82 Å². The van der Waals surface area contributed by atoms with E-state index in [1.807, 2.05) is 0 Å². The first-order chi connectivity index (χ1) is 8.71. The van der Waals surface area contributed by atoms with E-state index < -0.39 is 0 Å². The van der Waals surface area contributed by atoms with Crippen LogP contribution in [-0.2, 0) is 6.61 Å². The molecular formula is C11H12ClN3O3. The van der Waals surface area contributed by atoms with Crippen molar-refractivity contribution in [3.63, 3.8) is 0 Å². The van der Waals surface area contributed by atoms with Gasteiger partial charge >= 0.3 is 0 Å². The Morgan fingerprint density at radius 2 is 2.00 bits per heavy atom. The van der Waals surface area contributed by atoms with Gasteiger partial charge in [0.15, 0.2) is 5.82 Å². The summed E-state index contributed by atoms with van der Waals surface area (Å²) in [7, 11) is 3.06. The Hall–Kier alpha value is -1.79. The molecule has 0 aliphatic heterocycles. The van der Waals surface area contributed by atoms with Gasteiger partial charge in [0.25, 0.3) is 0 Å². The predicted molar refractivity (Wildman–Crippen MR) is 65.4 cm³/mol. The topological polar surface area (TPSA) is 69.4 Å². The molecule has 0 unspecified atom stereocenters. The number of nitrogens with zero attached hydrogens (tertiary/aromatic N) is 3. The quantitative estimate of drug-likeness (QED) is 0.909. The van der Waals surface area contributed by atoms with Crippen molar-refractivity contribution in [1.82, 2.24) is 14.8 Å². The van der Waals surface area contributed by atoms with Crippen LogP contribution in [0.4, 0.5) is 0 Å². The van der Waals surface area contributed by atoms with Crippen LogP contribution in [0.15, 0.2) is 18.5 Å². The van der Waals surface area contributed by atoms with Gasteiger partial charge in [0.05, 0.1) is 24.9 Å². The largest absolute Gasteiger partial charge is 0.495 e. The van der Waals surface area contributed by atoms with Gasteiger partial charge in [-0.2, -0.15) is 0 Å². The van der Waals surface area contributed by atoms with E-state index in [1.165, 1.54) is 20.5 Å². The number of ether oxygens (including phenoxy) is 2. The summed E-state index contributed by atoms with van der Waals surface area (Å²) >= 11 is 6.02. The van der Waals surface area contributed by atoms with Crippen LogP contribution in [0.25, 0.3) is 5.69 Å². The zero-order valence-electron chi connectivity index (χ0n) is 9.92. The third-order valence-corrected chi connectivity index (χ3v) is 2.77. The minimum Gasteiger partial charge on any atom is -0.495 e. The molecule has 1 aromatic carbocycles. The van der Waals surface area contributed by atoms with Crippen molar-refractivity contribution < 1.29 is 14.6 Å². The minimum atomic E-state index is -0.228. The van der Waals surface area contributed by atoms with Gasteiger partial charge in [0.1, 0.15) is 24.4 Å². The predicted octanol–water partition coefficient (Wildman–Crippen LogP) is 1.43. The van der Waals surface area contributed by atoms with E-state index in [4.69, 9.17) is 21.1 Å². The van der Waals surface area contributed by atoms with E-state index in [-0.39, 0.29) is 6.61 Å². The number of aliphatic hydroxyl groups is 1. The molecule has 7 heteroatoms. The molecule has 2 rings (SSSR count). The second-order valence-electron chi connectivity index (χ2n) is 3.43. The molecule has 0 radical (unpaired) electrons. The molecule has 0 aliphatic carbocycles. The smallest absolute Gasteiger partial charge is 0.163 e. The highest BCUT2D eigenvalue weighted by Crippen LogP contribution is 2.34. The third kappa shape index (κ3) is 2.12. The molecule has 1 N–H and O–H groups in total. The summed E-state index contributed by atoms with van der Waals surface area (Å²) in [6.45, 7) is -0.228. The molecule has 0 saturated heterocycles. The van der Waals surface area contributed by atoms with Crippen molar-refractivity contribution in [3.05, 3.63) is 29.3 Å². The van der Waals surface area contributed by atoms with E-state index in [0.717, 1.165) is 0 Å². The summed E-state index contributed by atoms with van der Waals surface area (Å²) in [4.78, 5) is 0. The summed E-state index contributed by atoms with van der Waals surface area (Å²) in [5.41, 5.74) is 0.646. The van der Waals surface area contributed by atoms with Gasteiger partial charge < -0.3 is 14.6 Å². The molecule has 0 saturated carbocycles. The van der Waals surface area contributed by atoms with E-state index in [1.54, 1.807) is 16.7 Å². The number of benzene rings is 1. The lowest BCUT2D eigenvalue weighted by molar-refractivity contribution is 0.268. The Labute approximate surface area is 109 Å². The van der Waals surface area contributed by atoms with Crippen molar-refractivity contribution in [2.24, 2.45) is 0 Å². The lowest BCUT2D eigenvalue weighted by atomic mass is 10.2. The minimum absolute atomic E-state index is 0.228. The summed E-state index contributed by atoms with van der Waals surface area (Å²) in [6.07, 6.45) is 1.48. The van der Waals surface area contributed by atoms with Gasteiger partial charge in [-0.3, -0.25) is 4.57 Å². The molecule has 96 valence electrons. The number of hydrogen-bond acceptors (Lipinski definition) is 5. The highest BCUT2D eigenvalue weighted by atomic mass is 35.5. The van der Waals surface area contributed by atoms with Crippen LogP contribution in [0.3, 0.4) is 0 Å². The maximum Gasteiger partial charge on any atom is 0.163 e. The lowest BCUT2D eigenvalue weighted by Crippen LogP contribution is -2.03. The van der Waals surface area contributed by atoms with Crippen LogP contribution in [0.5, 0.6) is 11.5 Å². The summed E-state index contributed by atoms with van der Waals surface area (Å²) in [5.74, 6) is 1.44. The van der Waals surface area contributed by atoms with Crippen LogP contribution in [0.2, 0.25) is 5.02 Å². The van der Waals surface area contributed by atoms with Crippen molar-refractivity contribution in [3.8, 4) is 17.2 Å². The van der Waals surface area contributed by atoms with E-state index in [9.17, 15) is 5.11 Å². The maximum atomic E-state index is 9.19. The average Bonchev–Trinajstić information content (AvgIpc) is 2.86. The maximum absolute atomic E-state index is 9.19. The standard InChI is InChI=1S/C11H12ClN3O3/c1-17-9-4-8(10(18-2)3-7(9)12)15-6-13-14-11(15)5-16/h3-4,6,16H,5H2,1-2H3.